The molecule has 1 atom stereocenters. The van der Waals surface area contributed by atoms with Crippen molar-refractivity contribution in [2.75, 3.05) is 33.1 Å². The Hall–Kier alpha value is -2.86. The van der Waals surface area contributed by atoms with Crippen LogP contribution in [0.3, 0.4) is 0 Å². The molecule has 2 rings (SSSR count). The number of carbonyl (C=O) groups excluding carboxylic acids is 2. The van der Waals surface area contributed by atoms with Gasteiger partial charge >= 0.3 is 5.97 Å². The van der Waals surface area contributed by atoms with Crippen molar-refractivity contribution < 1.29 is 23.5 Å². The van der Waals surface area contributed by atoms with Gasteiger partial charge in [0.2, 0.25) is 0 Å². The molecule has 0 radical (unpaired) electrons. The molecule has 1 amide bonds. The van der Waals surface area contributed by atoms with Gasteiger partial charge in [-0.3, -0.25) is 4.79 Å². The van der Waals surface area contributed by atoms with Gasteiger partial charge in [0.05, 0.1) is 21.2 Å². The third-order valence-corrected chi connectivity index (χ3v) is 5.30. The van der Waals surface area contributed by atoms with E-state index in [1.165, 1.54) is 0 Å². The Morgan fingerprint density at radius 3 is 2.20 bits per heavy atom. The van der Waals surface area contributed by atoms with Gasteiger partial charge in [-0.15, -0.1) is 0 Å². The van der Waals surface area contributed by atoms with E-state index >= 15 is 0 Å². The van der Waals surface area contributed by atoms with Crippen LogP contribution in [0.15, 0.2) is 42.5 Å². The summed E-state index contributed by atoms with van der Waals surface area (Å²) in [5.41, 5.74) is 3.59. The topological polar surface area (TPSA) is 64.6 Å². The molecule has 0 fully saturated rings. The number of benzene rings is 2. The fourth-order valence-electron chi connectivity index (χ4n) is 3.67. The maximum Gasteiger partial charge on any atom is 0.362 e. The van der Waals surface area contributed by atoms with Crippen LogP contribution in [0.2, 0.25) is 0 Å². The minimum Gasteiger partial charge on any atom is -0.497 e. The SMILES string of the molecule is CCC(C(=O)Nc1c(C)cc(OC)cc1C)[N+](C)(C)CC(=O)OCc1ccccc1. The van der Waals surface area contributed by atoms with Gasteiger partial charge in [0, 0.05) is 12.1 Å². The number of methoxy groups -OCH3 is 1. The molecule has 0 saturated carbocycles. The molecule has 162 valence electrons. The normalized spacial score (nSPS) is 12.2. The first kappa shape index (κ1) is 23.4. The number of ether oxygens (including phenoxy) is 2. The quantitative estimate of drug-likeness (QED) is 0.501. The molecule has 0 aliphatic heterocycles. The van der Waals surface area contributed by atoms with Crippen LogP contribution in [-0.4, -0.2) is 50.2 Å². The van der Waals surface area contributed by atoms with Crippen LogP contribution in [-0.2, 0) is 20.9 Å². The summed E-state index contributed by atoms with van der Waals surface area (Å²) >= 11 is 0. The fraction of sp³-hybridized carbons (Fsp3) is 0.417. The van der Waals surface area contributed by atoms with Crippen molar-refractivity contribution in [3.63, 3.8) is 0 Å². The molecule has 0 aliphatic rings. The lowest BCUT2D eigenvalue weighted by Crippen LogP contribution is -2.56. The smallest absolute Gasteiger partial charge is 0.362 e. The maximum absolute atomic E-state index is 13.1. The van der Waals surface area contributed by atoms with E-state index in [4.69, 9.17) is 9.47 Å². The number of nitrogens with one attached hydrogen (secondary N) is 1. The predicted molar refractivity (Wildman–Crippen MR) is 118 cm³/mol. The van der Waals surface area contributed by atoms with E-state index in [0.717, 1.165) is 28.1 Å². The predicted octanol–water partition coefficient (Wildman–Crippen LogP) is 3.85. The number of hydrogen-bond acceptors (Lipinski definition) is 4. The van der Waals surface area contributed by atoms with Crippen molar-refractivity contribution in [1.82, 2.24) is 0 Å². The molecule has 0 saturated heterocycles. The number of aryl methyl sites for hydroxylation is 2. The summed E-state index contributed by atoms with van der Waals surface area (Å²) < 4.78 is 10.9. The average molecular weight is 414 g/mol. The highest BCUT2D eigenvalue weighted by Crippen LogP contribution is 2.27. The van der Waals surface area contributed by atoms with Gasteiger partial charge in [0.15, 0.2) is 12.6 Å². The number of carbonyl (C=O) groups is 2. The second-order valence-electron chi connectivity index (χ2n) is 8.13. The van der Waals surface area contributed by atoms with E-state index in [1.54, 1.807) is 7.11 Å². The van der Waals surface area contributed by atoms with E-state index in [-0.39, 0.29) is 29.5 Å². The molecular weight excluding hydrogens is 380 g/mol. The largest absolute Gasteiger partial charge is 0.497 e. The number of quaternary nitrogens is 1. The Labute approximate surface area is 179 Å². The van der Waals surface area contributed by atoms with Crippen molar-refractivity contribution >= 4 is 17.6 Å². The lowest BCUT2D eigenvalue weighted by molar-refractivity contribution is -0.898. The fourth-order valence-corrected chi connectivity index (χ4v) is 3.67. The molecule has 0 aliphatic carbocycles. The third-order valence-electron chi connectivity index (χ3n) is 5.30. The number of likely N-dealkylation sites (N-methyl/N-ethyl adjacent to an activating group) is 1. The lowest BCUT2D eigenvalue weighted by Gasteiger charge is -2.35. The van der Waals surface area contributed by atoms with Gasteiger partial charge in [0.1, 0.15) is 12.4 Å². The first-order valence-electron chi connectivity index (χ1n) is 10.2. The molecule has 2 aromatic rings. The molecule has 6 heteroatoms. The Kier molecular flexibility index (Phi) is 8.00. The summed E-state index contributed by atoms with van der Waals surface area (Å²) in [6.07, 6.45) is 0.596. The minimum atomic E-state index is -0.393. The number of hydrogen-bond donors (Lipinski definition) is 1. The van der Waals surface area contributed by atoms with Gasteiger partial charge in [-0.2, -0.15) is 0 Å². The summed E-state index contributed by atoms with van der Waals surface area (Å²) in [5, 5.41) is 3.06. The van der Waals surface area contributed by atoms with Crippen LogP contribution < -0.4 is 10.1 Å². The molecule has 0 bridgehead atoms. The van der Waals surface area contributed by atoms with Crippen LogP contribution in [0.4, 0.5) is 5.69 Å². The molecule has 0 aromatic heterocycles. The number of nitrogens with zero attached hydrogens (tertiary/aromatic N) is 1. The molecule has 1 N–H and O–H groups in total. The molecule has 1 unspecified atom stereocenters. The average Bonchev–Trinajstić information content (AvgIpc) is 2.69. The monoisotopic (exact) mass is 413 g/mol. The second-order valence-corrected chi connectivity index (χ2v) is 8.13. The Morgan fingerprint density at radius 1 is 1.07 bits per heavy atom. The molecule has 30 heavy (non-hydrogen) atoms. The van der Waals surface area contributed by atoms with Crippen LogP contribution in [0, 0.1) is 13.8 Å². The highest BCUT2D eigenvalue weighted by atomic mass is 16.5. The van der Waals surface area contributed by atoms with Crippen molar-refractivity contribution in [3.8, 4) is 5.75 Å². The first-order chi connectivity index (χ1) is 14.2. The standard InChI is InChI=1S/C24H32N2O4/c1-7-21(24(28)25-23-17(2)13-20(29-6)14-18(23)3)26(4,5)15-22(27)30-16-19-11-9-8-10-12-19/h8-14,21H,7,15-16H2,1-6H3/p+1. The zero-order chi connectivity index (χ0) is 22.3. The lowest BCUT2D eigenvalue weighted by atomic mass is 10.1. The van der Waals surface area contributed by atoms with Gasteiger partial charge in [-0.05, 0) is 42.7 Å². The van der Waals surface area contributed by atoms with E-state index < -0.39 is 6.04 Å². The van der Waals surface area contributed by atoms with Crippen molar-refractivity contribution in [1.29, 1.82) is 0 Å². The maximum atomic E-state index is 13.1. The van der Waals surface area contributed by atoms with Crippen LogP contribution in [0.25, 0.3) is 0 Å². The first-order valence-corrected chi connectivity index (χ1v) is 10.2. The van der Waals surface area contributed by atoms with E-state index in [9.17, 15) is 9.59 Å². The number of esters is 1. The van der Waals surface area contributed by atoms with E-state index in [2.05, 4.69) is 5.32 Å². The van der Waals surface area contributed by atoms with Crippen LogP contribution >= 0.6 is 0 Å². The van der Waals surface area contributed by atoms with Gasteiger partial charge in [0.25, 0.3) is 5.91 Å². The highest BCUT2D eigenvalue weighted by molar-refractivity contribution is 5.95. The number of anilines is 1. The Balaban J connectivity index is 2.05. The number of rotatable bonds is 9. The van der Waals surface area contributed by atoms with E-state index in [0.29, 0.717) is 6.42 Å². The van der Waals surface area contributed by atoms with Gasteiger partial charge < -0.3 is 19.3 Å². The summed E-state index contributed by atoms with van der Waals surface area (Å²) in [6.45, 7) is 6.17. The molecule has 6 nitrogen and oxygen atoms in total. The summed E-state index contributed by atoms with van der Waals surface area (Å²) in [4.78, 5) is 25.5. The third kappa shape index (κ3) is 6.07. The Bertz CT molecular complexity index is 855. The van der Waals surface area contributed by atoms with Crippen molar-refractivity contribution in [3.05, 3.63) is 59.2 Å². The zero-order valence-corrected chi connectivity index (χ0v) is 18.8. The van der Waals surface area contributed by atoms with Crippen LogP contribution in [0.5, 0.6) is 5.75 Å². The molecular formula is C24H33N2O4+. The summed E-state index contributed by atoms with van der Waals surface area (Å²) in [6, 6.07) is 12.9. The molecule has 0 heterocycles. The zero-order valence-electron chi connectivity index (χ0n) is 18.8. The van der Waals surface area contributed by atoms with Gasteiger partial charge in [-0.1, -0.05) is 37.3 Å². The molecule has 0 spiro atoms. The molecule has 2 aromatic carbocycles. The van der Waals surface area contributed by atoms with Crippen molar-refractivity contribution in [2.24, 2.45) is 0 Å². The van der Waals surface area contributed by atoms with Crippen LogP contribution in [0.1, 0.15) is 30.0 Å². The summed E-state index contributed by atoms with van der Waals surface area (Å²) in [7, 11) is 5.38. The number of amides is 1. The van der Waals surface area contributed by atoms with Gasteiger partial charge in [-0.25, -0.2) is 4.79 Å². The second kappa shape index (κ2) is 10.3. The Morgan fingerprint density at radius 2 is 1.67 bits per heavy atom. The minimum absolute atomic E-state index is 0.110. The van der Waals surface area contributed by atoms with Crippen molar-refractivity contribution in [2.45, 2.75) is 39.8 Å². The van der Waals surface area contributed by atoms with E-state index in [1.807, 2.05) is 77.3 Å². The summed E-state index contributed by atoms with van der Waals surface area (Å²) in [5.74, 6) is 0.314. The highest BCUT2D eigenvalue weighted by Gasteiger charge is 2.36.